The van der Waals surface area contributed by atoms with Crippen molar-refractivity contribution in [2.45, 2.75) is 70.9 Å². The second-order valence-electron chi connectivity index (χ2n) is 8.14. The molecule has 0 bridgehead atoms. The molecule has 1 aliphatic heterocycles. The molecule has 0 saturated carbocycles. The molecule has 0 aromatic heterocycles. The van der Waals surface area contributed by atoms with Gasteiger partial charge < -0.3 is 18.3 Å². The molecular weight excluding hydrogens is 328 g/mol. The number of hydrogen-bond donors (Lipinski definition) is 0. The Morgan fingerprint density at radius 1 is 0.708 bits per heavy atom. The predicted molar refractivity (Wildman–Crippen MR) is 92.9 cm³/mol. The van der Waals surface area contributed by atoms with E-state index in [1.165, 1.54) is 0 Å². The Morgan fingerprint density at radius 3 is 1.42 bits per heavy atom. The van der Waals surface area contributed by atoms with Crippen LogP contribution in [0.2, 0.25) is 10.1 Å². The maximum atomic E-state index is 11.5. The van der Waals surface area contributed by atoms with Gasteiger partial charge in [-0.1, -0.05) is 41.5 Å². The summed E-state index contributed by atoms with van der Waals surface area (Å²) in [7, 11) is -2.61. The standard InChI is InChI=1S/C17H32O6Si/c1-16(2,3)24(17(4,5)6)22-11-7-9-20-14(18)13-15(19)21-10-8-12-23-24/h7-13H2,1-6H3. The minimum absolute atomic E-state index is 0.129. The highest BCUT2D eigenvalue weighted by Crippen LogP contribution is 2.52. The maximum absolute atomic E-state index is 11.5. The van der Waals surface area contributed by atoms with Crippen molar-refractivity contribution in [3.63, 3.8) is 0 Å². The zero-order valence-electron chi connectivity index (χ0n) is 15.9. The van der Waals surface area contributed by atoms with Gasteiger partial charge in [0.25, 0.3) is 0 Å². The minimum Gasteiger partial charge on any atom is -0.465 e. The zero-order chi connectivity index (χ0) is 18.4. The van der Waals surface area contributed by atoms with E-state index >= 15 is 0 Å². The zero-order valence-corrected chi connectivity index (χ0v) is 16.9. The van der Waals surface area contributed by atoms with Crippen LogP contribution in [0.25, 0.3) is 0 Å². The van der Waals surface area contributed by atoms with E-state index < -0.39 is 20.5 Å². The van der Waals surface area contributed by atoms with E-state index in [0.29, 0.717) is 26.1 Å². The lowest BCUT2D eigenvalue weighted by Gasteiger charge is -2.49. The van der Waals surface area contributed by atoms with Crippen molar-refractivity contribution in [1.29, 1.82) is 0 Å². The van der Waals surface area contributed by atoms with Gasteiger partial charge in [0.2, 0.25) is 0 Å². The SMILES string of the molecule is CC(C)(C)[Si]1(C(C)(C)C)OCCCOC(=O)CC(=O)OCCCO1. The summed E-state index contributed by atoms with van der Waals surface area (Å²) in [5.41, 5.74) is 0. The summed E-state index contributed by atoms with van der Waals surface area (Å²) in [5, 5.41) is -0.259. The molecule has 0 aromatic rings. The molecule has 0 amide bonds. The third kappa shape index (κ3) is 5.56. The van der Waals surface area contributed by atoms with Crippen molar-refractivity contribution >= 4 is 20.5 Å². The van der Waals surface area contributed by atoms with Crippen LogP contribution in [0.4, 0.5) is 0 Å². The highest BCUT2D eigenvalue weighted by molar-refractivity contribution is 6.73. The molecule has 0 N–H and O–H groups in total. The first-order chi connectivity index (χ1) is 11.0. The lowest BCUT2D eigenvalue weighted by atomic mass is 10.2. The van der Waals surface area contributed by atoms with Crippen LogP contribution >= 0.6 is 0 Å². The van der Waals surface area contributed by atoms with Crippen LogP contribution in [0.3, 0.4) is 0 Å². The Morgan fingerprint density at radius 2 is 1.08 bits per heavy atom. The van der Waals surface area contributed by atoms with Crippen LogP contribution in [0.5, 0.6) is 0 Å². The summed E-state index contributed by atoms with van der Waals surface area (Å²) < 4.78 is 22.9. The molecule has 0 unspecified atom stereocenters. The third-order valence-corrected chi connectivity index (χ3v) is 9.15. The fourth-order valence-electron chi connectivity index (χ4n) is 3.17. The summed E-state index contributed by atoms with van der Waals surface area (Å²) in [6.45, 7) is 14.3. The van der Waals surface area contributed by atoms with Crippen molar-refractivity contribution in [2.24, 2.45) is 0 Å². The first-order valence-corrected chi connectivity index (χ1v) is 10.4. The molecule has 140 valence electrons. The lowest BCUT2D eigenvalue weighted by molar-refractivity contribution is -0.154. The van der Waals surface area contributed by atoms with Crippen molar-refractivity contribution in [2.75, 3.05) is 26.4 Å². The largest absolute Gasteiger partial charge is 0.465 e. The van der Waals surface area contributed by atoms with Crippen LogP contribution in [0, 0.1) is 0 Å². The first-order valence-electron chi connectivity index (χ1n) is 8.59. The third-order valence-electron chi connectivity index (χ3n) is 3.98. The highest BCUT2D eigenvalue weighted by Gasteiger charge is 2.58. The molecule has 1 aliphatic rings. The minimum atomic E-state index is -2.61. The molecule has 0 aliphatic carbocycles. The van der Waals surface area contributed by atoms with Crippen LogP contribution < -0.4 is 0 Å². The van der Waals surface area contributed by atoms with Crippen LogP contribution in [0.1, 0.15) is 60.8 Å². The highest BCUT2D eigenvalue weighted by atomic mass is 28.4. The number of carbonyl (C=O) groups excluding carboxylic acids is 2. The summed E-state index contributed by atoms with van der Waals surface area (Å²) in [6.07, 6.45) is 0.806. The Labute approximate surface area is 146 Å². The van der Waals surface area contributed by atoms with Crippen molar-refractivity contribution in [3.8, 4) is 0 Å². The molecule has 1 fully saturated rings. The van der Waals surface area contributed by atoms with Gasteiger partial charge >= 0.3 is 20.5 Å². The predicted octanol–water partition coefficient (Wildman–Crippen LogP) is 3.33. The normalized spacial score (nSPS) is 22.2. The maximum Gasteiger partial charge on any atom is 0.349 e. The second-order valence-corrected chi connectivity index (χ2v) is 12.9. The average molecular weight is 361 g/mol. The Balaban J connectivity index is 2.92. The van der Waals surface area contributed by atoms with E-state index in [0.717, 1.165) is 0 Å². The van der Waals surface area contributed by atoms with Gasteiger partial charge in [0.1, 0.15) is 6.42 Å². The second kappa shape index (κ2) is 8.45. The monoisotopic (exact) mass is 360 g/mol. The van der Waals surface area contributed by atoms with E-state index in [4.69, 9.17) is 18.3 Å². The summed E-state index contributed by atoms with van der Waals surface area (Å²) in [4.78, 5) is 23.1. The van der Waals surface area contributed by atoms with Gasteiger partial charge in [-0.25, -0.2) is 0 Å². The lowest BCUT2D eigenvalue weighted by Crippen LogP contribution is -2.57. The van der Waals surface area contributed by atoms with Crippen molar-refractivity contribution < 1.29 is 27.9 Å². The van der Waals surface area contributed by atoms with Gasteiger partial charge in [-0.15, -0.1) is 0 Å². The first kappa shape index (κ1) is 21.1. The van der Waals surface area contributed by atoms with E-state index in [1.807, 2.05) is 0 Å². The number of ether oxygens (including phenoxy) is 2. The molecule has 0 spiro atoms. The van der Waals surface area contributed by atoms with Gasteiger partial charge in [0.15, 0.2) is 0 Å². The van der Waals surface area contributed by atoms with Crippen LogP contribution in [-0.2, 0) is 27.9 Å². The van der Waals surface area contributed by atoms with Gasteiger partial charge in [0.05, 0.1) is 13.2 Å². The van der Waals surface area contributed by atoms with E-state index in [2.05, 4.69) is 41.5 Å². The fourth-order valence-corrected chi connectivity index (χ4v) is 8.10. The van der Waals surface area contributed by atoms with E-state index in [9.17, 15) is 9.59 Å². The topological polar surface area (TPSA) is 71.1 Å². The number of rotatable bonds is 0. The summed E-state index contributed by atoms with van der Waals surface area (Å²) >= 11 is 0. The number of carbonyl (C=O) groups is 2. The summed E-state index contributed by atoms with van der Waals surface area (Å²) in [5.74, 6) is -1.10. The smallest absolute Gasteiger partial charge is 0.349 e. The molecule has 0 atom stereocenters. The Bertz CT molecular complexity index is 395. The van der Waals surface area contributed by atoms with E-state index in [1.54, 1.807) is 0 Å². The summed E-state index contributed by atoms with van der Waals surface area (Å²) in [6, 6.07) is 0. The van der Waals surface area contributed by atoms with Gasteiger partial charge in [-0.3, -0.25) is 9.59 Å². The number of cyclic esters (lactones) is 2. The molecule has 1 rings (SSSR count). The Kier molecular flexibility index (Phi) is 7.43. The van der Waals surface area contributed by atoms with Crippen LogP contribution in [-0.4, -0.2) is 46.9 Å². The van der Waals surface area contributed by atoms with Crippen molar-refractivity contribution in [1.82, 2.24) is 0 Å². The van der Waals surface area contributed by atoms with E-state index in [-0.39, 0.29) is 29.7 Å². The molecule has 0 radical (unpaired) electrons. The fraction of sp³-hybridized carbons (Fsp3) is 0.882. The molecular formula is C17H32O6Si. The molecule has 24 heavy (non-hydrogen) atoms. The van der Waals surface area contributed by atoms with Crippen molar-refractivity contribution in [3.05, 3.63) is 0 Å². The van der Waals surface area contributed by atoms with Crippen LogP contribution in [0.15, 0.2) is 0 Å². The Hall–Kier alpha value is -0.923. The molecule has 6 nitrogen and oxygen atoms in total. The quantitative estimate of drug-likeness (QED) is 0.375. The molecule has 1 saturated heterocycles. The van der Waals surface area contributed by atoms with Gasteiger partial charge in [-0.05, 0) is 0 Å². The molecule has 0 aromatic carbocycles. The van der Waals surface area contributed by atoms with Gasteiger partial charge in [0, 0.05) is 36.1 Å². The van der Waals surface area contributed by atoms with Gasteiger partial charge in [-0.2, -0.15) is 0 Å². The average Bonchev–Trinajstić information content (AvgIpc) is 2.40. The number of esters is 2. The number of hydrogen-bond acceptors (Lipinski definition) is 6. The molecule has 1 heterocycles. The molecule has 7 heteroatoms.